The van der Waals surface area contributed by atoms with Gasteiger partial charge in [-0.1, -0.05) is 35.9 Å². The molecule has 144 valence electrons. The number of carbonyl (C=O) groups excluding carboxylic acids is 1. The molecule has 5 heteroatoms. The smallest absolute Gasteiger partial charge is 0.259 e. The molecule has 0 fully saturated rings. The van der Waals surface area contributed by atoms with Gasteiger partial charge < -0.3 is 19.9 Å². The van der Waals surface area contributed by atoms with Crippen LogP contribution in [-0.2, 0) is 6.42 Å². The standard InChI is InChI=1S/C23H23NO4/c1-16-10-11-21(25)20(14-16)23(26)24-18-7-5-8-19(15-18)28-13-12-17-6-3-4-9-22(17)27-2/h3-11,14-15,25H,12-13H2,1-2H3,(H,24,26). The number of hydrogen-bond donors (Lipinski definition) is 2. The fourth-order valence-electron chi connectivity index (χ4n) is 2.88. The summed E-state index contributed by atoms with van der Waals surface area (Å²) < 4.78 is 11.2. The van der Waals surface area contributed by atoms with Gasteiger partial charge in [0.1, 0.15) is 17.2 Å². The molecule has 0 aromatic heterocycles. The summed E-state index contributed by atoms with van der Waals surface area (Å²) in [6.07, 6.45) is 0.706. The Hall–Kier alpha value is -3.47. The molecule has 0 aliphatic carbocycles. The Kier molecular flexibility index (Phi) is 6.17. The summed E-state index contributed by atoms with van der Waals surface area (Å²) in [4.78, 5) is 12.4. The lowest BCUT2D eigenvalue weighted by molar-refractivity contribution is 0.102. The van der Waals surface area contributed by atoms with E-state index in [0.717, 1.165) is 16.9 Å². The molecule has 0 unspecified atom stereocenters. The first kappa shape index (κ1) is 19.3. The normalized spacial score (nSPS) is 10.4. The van der Waals surface area contributed by atoms with E-state index in [1.165, 1.54) is 6.07 Å². The molecule has 0 heterocycles. The SMILES string of the molecule is COc1ccccc1CCOc1cccc(NC(=O)c2cc(C)ccc2O)c1. The average molecular weight is 377 g/mol. The maximum atomic E-state index is 12.4. The number of anilines is 1. The summed E-state index contributed by atoms with van der Waals surface area (Å²) in [5.41, 5.74) is 2.81. The highest BCUT2D eigenvalue weighted by Crippen LogP contribution is 2.23. The maximum Gasteiger partial charge on any atom is 0.259 e. The summed E-state index contributed by atoms with van der Waals surface area (Å²) in [6.45, 7) is 2.35. The van der Waals surface area contributed by atoms with Crippen molar-refractivity contribution >= 4 is 11.6 Å². The van der Waals surface area contributed by atoms with Crippen molar-refractivity contribution < 1.29 is 19.4 Å². The first-order valence-electron chi connectivity index (χ1n) is 9.02. The van der Waals surface area contributed by atoms with Crippen LogP contribution in [0.5, 0.6) is 17.2 Å². The van der Waals surface area contributed by atoms with E-state index in [4.69, 9.17) is 9.47 Å². The Morgan fingerprint density at radius 2 is 1.86 bits per heavy atom. The average Bonchev–Trinajstić information content (AvgIpc) is 2.70. The predicted molar refractivity (Wildman–Crippen MR) is 109 cm³/mol. The van der Waals surface area contributed by atoms with Gasteiger partial charge in [-0.3, -0.25) is 4.79 Å². The summed E-state index contributed by atoms with van der Waals surface area (Å²) in [5, 5.41) is 12.7. The fourth-order valence-corrected chi connectivity index (χ4v) is 2.88. The number of hydrogen-bond acceptors (Lipinski definition) is 4. The number of phenolic OH excluding ortho intramolecular Hbond substituents is 1. The van der Waals surface area contributed by atoms with Gasteiger partial charge in [-0.15, -0.1) is 0 Å². The molecular formula is C23H23NO4. The number of ether oxygens (including phenoxy) is 2. The molecule has 28 heavy (non-hydrogen) atoms. The first-order valence-corrected chi connectivity index (χ1v) is 9.02. The van der Waals surface area contributed by atoms with Crippen LogP contribution in [0, 0.1) is 6.92 Å². The van der Waals surface area contributed by atoms with E-state index >= 15 is 0 Å². The lowest BCUT2D eigenvalue weighted by Crippen LogP contribution is -2.12. The second kappa shape index (κ2) is 8.95. The lowest BCUT2D eigenvalue weighted by atomic mass is 10.1. The van der Waals surface area contributed by atoms with Gasteiger partial charge in [0.05, 0.1) is 19.3 Å². The van der Waals surface area contributed by atoms with E-state index in [1.54, 1.807) is 31.4 Å². The van der Waals surface area contributed by atoms with Crippen LogP contribution in [0.1, 0.15) is 21.5 Å². The van der Waals surface area contributed by atoms with Crippen molar-refractivity contribution in [3.63, 3.8) is 0 Å². The second-order valence-corrected chi connectivity index (χ2v) is 6.41. The first-order chi connectivity index (χ1) is 13.6. The summed E-state index contributed by atoms with van der Waals surface area (Å²) >= 11 is 0. The van der Waals surface area contributed by atoms with Gasteiger partial charge in [-0.05, 0) is 42.8 Å². The number of aryl methyl sites for hydroxylation is 1. The van der Waals surface area contributed by atoms with Gasteiger partial charge in [0.25, 0.3) is 5.91 Å². The van der Waals surface area contributed by atoms with Crippen LogP contribution in [-0.4, -0.2) is 24.7 Å². The third-order valence-electron chi connectivity index (χ3n) is 4.32. The van der Waals surface area contributed by atoms with E-state index in [0.29, 0.717) is 24.5 Å². The van der Waals surface area contributed by atoms with E-state index in [9.17, 15) is 9.90 Å². The number of para-hydroxylation sites is 1. The molecular weight excluding hydrogens is 354 g/mol. The van der Waals surface area contributed by atoms with Gasteiger partial charge in [-0.25, -0.2) is 0 Å². The minimum atomic E-state index is -0.368. The second-order valence-electron chi connectivity index (χ2n) is 6.41. The van der Waals surface area contributed by atoms with Crippen molar-refractivity contribution in [1.29, 1.82) is 0 Å². The third-order valence-corrected chi connectivity index (χ3v) is 4.32. The predicted octanol–water partition coefficient (Wildman–Crippen LogP) is 4.58. The van der Waals surface area contributed by atoms with Crippen LogP contribution in [0.4, 0.5) is 5.69 Å². The zero-order valence-corrected chi connectivity index (χ0v) is 15.9. The summed E-state index contributed by atoms with van der Waals surface area (Å²) in [6, 6.07) is 19.9. The number of nitrogens with one attached hydrogen (secondary N) is 1. The van der Waals surface area contributed by atoms with Gasteiger partial charge in [0.15, 0.2) is 0 Å². The number of phenols is 1. The summed E-state index contributed by atoms with van der Waals surface area (Å²) in [7, 11) is 1.65. The monoisotopic (exact) mass is 377 g/mol. The van der Waals surface area contributed by atoms with E-state index in [1.807, 2.05) is 43.3 Å². The molecule has 3 rings (SSSR count). The molecule has 2 N–H and O–H groups in total. The highest BCUT2D eigenvalue weighted by atomic mass is 16.5. The van der Waals surface area contributed by atoms with Crippen molar-refractivity contribution in [3.8, 4) is 17.2 Å². The van der Waals surface area contributed by atoms with Crippen molar-refractivity contribution in [2.75, 3.05) is 19.0 Å². The Balaban J connectivity index is 1.62. The molecule has 0 saturated heterocycles. The summed E-state index contributed by atoms with van der Waals surface area (Å²) in [5.74, 6) is 1.07. The Labute approximate surface area is 164 Å². The van der Waals surface area contributed by atoms with Crippen LogP contribution < -0.4 is 14.8 Å². The molecule has 0 radical (unpaired) electrons. The molecule has 0 spiro atoms. The van der Waals surface area contributed by atoms with E-state index in [-0.39, 0.29) is 17.2 Å². The number of carbonyl (C=O) groups is 1. The van der Waals surface area contributed by atoms with Gasteiger partial charge in [0, 0.05) is 18.2 Å². The van der Waals surface area contributed by atoms with Crippen LogP contribution in [0.15, 0.2) is 66.7 Å². The number of rotatable bonds is 7. The minimum Gasteiger partial charge on any atom is -0.507 e. The molecule has 5 nitrogen and oxygen atoms in total. The molecule has 0 bridgehead atoms. The van der Waals surface area contributed by atoms with Crippen molar-refractivity contribution in [1.82, 2.24) is 0 Å². The molecule has 0 saturated carbocycles. The number of amides is 1. The third kappa shape index (κ3) is 4.82. The van der Waals surface area contributed by atoms with Gasteiger partial charge in [0.2, 0.25) is 0 Å². The zero-order valence-electron chi connectivity index (χ0n) is 15.9. The number of benzene rings is 3. The molecule has 0 atom stereocenters. The van der Waals surface area contributed by atoms with Gasteiger partial charge >= 0.3 is 0 Å². The number of methoxy groups -OCH3 is 1. The fraction of sp³-hybridized carbons (Fsp3) is 0.174. The Morgan fingerprint density at radius 1 is 1.04 bits per heavy atom. The Morgan fingerprint density at radius 3 is 2.68 bits per heavy atom. The maximum absolute atomic E-state index is 12.4. The molecule has 0 aliphatic heterocycles. The number of aromatic hydroxyl groups is 1. The minimum absolute atomic E-state index is 0.0488. The lowest BCUT2D eigenvalue weighted by Gasteiger charge is -2.11. The van der Waals surface area contributed by atoms with Crippen molar-refractivity contribution in [3.05, 3.63) is 83.4 Å². The molecule has 1 amide bonds. The quantitative estimate of drug-likeness (QED) is 0.632. The topological polar surface area (TPSA) is 67.8 Å². The zero-order chi connectivity index (χ0) is 19.9. The molecule has 3 aromatic carbocycles. The largest absolute Gasteiger partial charge is 0.507 e. The van der Waals surface area contributed by atoms with Crippen LogP contribution >= 0.6 is 0 Å². The van der Waals surface area contributed by atoms with Crippen LogP contribution in [0.2, 0.25) is 0 Å². The Bertz CT molecular complexity index is 968. The van der Waals surface area contributed by atoms with Crippen LogP contribution in [0.3, 0.4) is 0 Å². The van der Waals surface area contributed by atoms with Crippen molar-refractivity contribution in [2.45, 2.75) is 13.3 Å². The molecule has 3 aromatic rings. The molecule has 0 aliphatic rings. The van der Waals surface area contributed by atoms with Crippen LogP contribution in [0.25, 0.3) is 0 Å². The van der Waals surface area contributed by atoms with Crippen molar-refractivity contribution in [2.24, 2.45) is 0 Å². The van der Waals surface area contributed by atoms with Gasteiger partial charge in [-0.2, -0.15) is 0 Å². The highest BCUT2D eigenvalue weighted by molar-refractivity contribution is 6.06. The highest BCUT2D eigenvalue weighted by Gasteiger charge is 2.12. The van der Waals surface area contributed by atoms with E-state index in [2.05, 4.69) is 5.32 Å². The van der Waals surface area contributed by atoms with E-state index < -0.39 is 0 Å².